The van der Waals surface area contributed by atoms with Gasteiger partial charge in [-0.25, -0.2) is 0 Å². The van der Waals surface area contributed by atoms with Crippen LogP contribution in [0, 0.1) is 0 Å². The average Bonchev–Trinajstić information content (AvgIpc) is 3.23. The molecule has 0 saturated heterocycles. The Balaban J connectivity index is 1.53. The second-order valence-corrected chi connectivity index (χ2v) is 17.1. The standard InChI is InChI=1S/C44H41B13/c45-32-27-25(23-14-13-22(19-10-4-5-11-20(19)23)24-15-16-7-1-2-8-17(16)18-9-3-6-12-21(18)24)28-30(35(48)41(54)39(52)33(28)46)26(29(27)34(47)40(53)38(32)51)31-36(49)42(55)44(57)43(56)37(31)50/h1-15H,45-57H2. The molecule has 9 aromatic carbocycles. The van der Waals surface area contributed by atoms with Crippen molar-refractivity contribution in [2.24, 2.45) is 0 Å². The van der Waals surface area contributed by atoms with Crippen molar-refractivity contribution in [3.05, 3.63) is 91.0 Å². The van der Waals surface area contributed by atoms with Crippen molar-refractivity contribution in [1.29, 1.82) is 0 Å². The molecule has 0 aliphatic carbocycles. The molecule has 256 valence electrons. The van der Waals surface area contributed by atoms with Crippen LogP contribution in [0.4, 0.5) is 0 Å². The van der Waals surface area contributed by atoms with Crippen LogP contribution in [-0.2, 0) is 0 Å². The Morgan fingerprint density at radius 1 is 0.228 bits per heavy atom. The van der Waals surface area contributed by atoms with Crippen LogP contribution < -0.4 is 71.0 Å². The van der Waals surface area contributed by atoms with Gasteiger partial charge in [0.05, 0.1) is 0 Å². The van der Waals surface area contributed by atoms with Gasteiger partial charge in [0.25, 0.3) is 0 Å². The van der Waals surface area contributed by atoms with Crippen LogP contribution in [0.1, 0.15) is 0 Å². The molecule has 0 aromatic heterocycles. The Labute approximate surface area is 349 Å². The first kappa shape index (κ1) is 37.7. The zero-order chi connectivity index (χ0) is 40.3. The van der Waals surface area contributed by atoms with Crippen LogP contribution >= 0.6 is 0 Å². The highest BCUT2D eigenvalue weighted by atomic mass is 14.3. The summed E-state index contributed by atoms with van der Waals surface area (Å²) in [7, 11) is 30.6. The Kier molecular flexibility index (Phi) is 9.00. The fourth-order valence-corrected chi connectivity index (χ4v) is 10.5. The van der Waals surface area contributed by atoms with E-state index < -0.39 is 0 Å². The van der Waals surface area contributed by atoms with E-state index in [2.05, 4.69) is 193 Å². The van der Waals surface area contributed by atoms with Gasteiger partial charge in [-0.3, -0.25) is 0 Å². The second-order valence-electron chi connectivity index (χ2n) is 17.1. The van der Waals surface area contributed by atoms with Crippen LogP contribution in [0.3, 0.4) is 0 Å². The van der Waals surface area contributed by atoms with Gasteiger partial charge in [-0.2, -0.15) is 0 Å². The van der Waals surface area contributed by atoms with Crippen LogP contribution in [0.25, 0.3) is 87.2 Å². The van der Waals surface area contributed by atoms with Gasteiger partial charge < -0.3 is 0 Å². The fourth-order valence-electron chi connectivity index (χ4n) is 10.5. The van der Waals surface area contributed by atoms with E-state index >= 15 is 0 Å². The van der Waals surface area contributed by atoms with Gasteiger partial charge in [0.2, 0.25) is 0 Å². The van der Waals surface area contributed by atoms with E-state index in [0.29, 0.717) is 0 Å². The summed E-state index contributed by atoms with van der Waals surface area (Å²) < 4.78 is 0. The third-order valence-corrected chi connectivity index (χ3v) is 14.9. The van der Waals surface area contributed by atoms with E-state index in [-0.39, 0.29) is 0 Å². The molecular weight excluding hydrogens is 669 g/mol. The zero-order valence-corrected chi connectivity index (χ0v) is 36.2. The van der Waals surface area contributed by atoms with Crippen LogP contribution in [0.2, 0.25) is 0 Å². The monoisotopic (exact) mass is 712 g/mol. The van der Waals surface area contributed by atoms with E-state index in [4.69, 9.17) is 0 Å². The highest BCUT2D eigenvalue weighted by Gasteiger charge is 2.28. The molecule has 0 aliphatic heterocycles. The quantitative estimate of drug-likeness (QED) is 0.0973. The lowest BCUT2D eigenvalue weighted by molar-refractivity contribution is 1.69. The van der Waals surface area contributed by atoms with Gasteiger partial charge in [-0.1, -0.05) is 118 Å². The first-order chi connectivity index (χ1) is 27.3. The number of hydrogen-bond donors (Lipinski definition) is 0. The minimum atomic E-state index is 1.27. The van der Waals surface area contributed by atoms with Crippen molar-refractivity contribution in [1.82, 2.24) is 0 Å². The van der Waals surface area contributed by atoms with Gasteiger partial charge in [0, 0.05) is 0 Å². The third kappa shape index (κ3) is 5.26. The summed E-state index contributed by atoms with van der Waals surface area (Å²) >= 11 is 0. The Hall–Kier alpha value is -4.88. The smallest absolute Gasteiger partial charge is 0.102 e. The van der Waals surface area contributed by atoms with Crippen molar-refractivity contribution in [2.75, 3.05) is 0 Å². The summed E-state index contributed by atoms with van der Waals surface area (Å²) in [6.07, 6.45) is 0. The molecule has 0 atom stereocenters. The number of hydrogen-bond acceptors (Lipinski definition) is 0. The predicted octanol–water partition coefficient (Wildman–Crippen LogP) is -10.2. The number of fused-ring (bicyclic) bond motifs is 6. The molecule has 0 bridgehead atoms. The van der Waals surface area contributed by atoms with Crippen molar-refractivity contribution in [3.63, 3.8) is 0 Å². The van der Waals surface area contributed by atoms with Crippen LogP contribution in [-0.4, -0.2) is 102 Å². The van der Waals surface area contributed by atoms with Crippen molar-refractivity contribution >= 4 is 227 Å². The van der Waals surface area contributed by atoms with E-state index in [1.165, 1.54) is 158 Å². The molecule has 0 saturated carbocycles. The average molecular weight is 710 g/mol. The highest BCUT2D eigenvalue weighted by Crippen LogP contribution is 2.45. The largest absolute Gasteiger partial charge is 0.139 e. The van der Waals surface area contributed by atoms with Gasteiger partial charge >= 0.3 is 0 Å². The molecule has 0 amide bonds. The summed E-state index contributed by atoms with van der Waals surface area (Å²) in [6.45, 7) is 0. The van der Waals surface area contributed by atoms with Crippen molar-refractivity contribution in [2.45, 2.75) is 0 Å². The predicted molar refractivity (Wildman–Crippen MR) is 297 cm³/mol. The zero-order valence-electron chi connectivity index (χ0n) is 36.2. The maximum Gasteiger partial charge on any atom is 0.139 e. The Morgan fingerprint density at radius 3 is 1.05 bits per heavy atom. The lowest BCUT2D eigenvalue weighted by Crippen LogP contribution is -2.55. The maximum atomic E-state index is 2.46. The molecule has 9 rings (SSSR count). The first-order valence-electron chi connectivity index (χ1n) is 20.7. The number of rotatable bonds is 3. The maximum absolute atomic E-state index is 2.46. The van der Waals surface area contributed by atoms with Crippen molar-refractivity contribution in [3.8, 4) is 33.4 Å². The second kappa shape index (κ2) is 13.6. The minimum absolute atomic E-state index is 1.27. The van der Waals surface area contributed by atoms with E-state index in [1.807, 2.05) is 0 Å². The summed E-state index contributed by atoms with van der Waals surface area (Å²) in [5.41, 5.74) is 26.2. The normalized spacial score (nSPS) is 11.7. The van der Waals surface area contributed by atoms with Gasteiger partial charge in [0.1, 0.15) is 102 Å². The van der Waals surface area contributed by atoms with Crippen LogP contribution in [0.5, 0.6) is 0 Å². The molecule has 0 unspecified atom stereocenters. The first-order valence-corrected chi connectivity index (χ1v) is 20.7. The molecule has 9 aromatic rings. The topological polar surface area (TPSA) is 0 Å². The SMILES string of the molecule is Bc1c(B)c(B)c(-c2c3c(B)c(B)c(B)c(B)c3c(-c3ccc(-c4cc5ccccc5c5ccccc45)c4ccccc34)c3c(B)c(B)c(B)c(B)c23)c(B)c1B. The molecule has 57 heavy (non-hydrogen) atoms. The minimum Gasteiger partial charge on any atom is -0.102 e. The molecule has 0 N–H and O–H groups in total. The molecule has 0 radical (unpaired) electrons. The van der Waals surface area contributed by atoms with Gasteiger partial charge in [0.15, 0.2) is 0 Å². The van der Waals surface area contributed by atoms with E-state index in [9.17, 15) is 0 Å². The molecule has 0 heterocycles. The molecule has 0 aliphatic rings. The lowest BCUT2D eigenvalue weighted by Gasteiger charge is -2.31. The van der Waals surface area contributed by atoms with E-state index in [0.717, 1.165) is 0 Å². The fraction of sp³-hybridized carbons (Fsp3) is 0. The van der Waals surface area contributed by atoms with Gasteiger partial charge in [-0.15, -0.1) is 38.2 Å². The molecule has 13 heteroatoms. The van der Waals surface area contributed by atoms with Gasteiger partial charge in [-0.05, 0) is 93.3 Å². The summed E-state index contributed by atoms with van der Waals surface area (Å²) in [5, 5.41) is 13.3. The molecule has 0 nitrogen and oxygen atoms in total. The molecule has 0 fully saturated rings. The van der Waals surface area contributed by atoms with Crippen LogP contribution in [0.15, 0.2) is 91.0 Å². The third-order valence-electron chi connectivity index (χ3n) is 14.9. The lowest BCUT2D eigenvalue weighted by atomic mass is 9.56. The summed E-state index contributed by atoms with van der Waals surface area (Å²) in [6, 6.07) is 34.2. The summed E-state index contributed by atoms with van der Waals surface area (Å²) in [4.78, 5) is 0. The molecular formula is C44H41B13. The Morgan fingerprint density at radius 2 is 0.561 bits per heavy atom. The summed E-state index contributed by atoms with van der Waals surface area (Å²) in [5.74, 6) is 0. The van der Waals surface area contributed by atoms with Crippen molar-refractivity contribution < 1.29 is 0 Å². The molecule has 0 spiro atoms. The highest BCUT2D eigenvalue weighted by molar-refractivity contribution is 6.73. The van der Waals surface area contributed by atoms with E-state index in [1.54, 1.807) is 0 Å². The number of benzene rings is 9. The Bertz CT molecular complexity index is 3170.